The van der Waals surface area contributed by atoms with Gasteiger partial charge in [0.25, 0.3) is 0 Å². The van der Waals surface area contributed by atoms with E-state index in [2.05, 4.69) is 19.2 Å². The van der Waals surface area contributed by atoms with Crippen molar-refractivity contribution in [3.8, 4) is 11.8 Å². The van der Waals surface area contributed by atoms with Crippen molar-refractivity contribution in [2.45, 2.75) is 33.4 Å². The number of nitrogens with zero attached hydrogens (tertiary/aromatic N) is 1. The van der Waals surface area contributed by atoms with Crippen LogP contribution in [0.25, 0.3) is 0 Å². The highest BCUT2D eigenvalue weighted by molar-refractivity contribution is 6.31. The zero-order valence-corrected chi connectivity index (χ0v) is 11.8. The number of nitrogens with one attached hydrogen (secondary N) is 1. The lowest BCUT2D eigenvalue weighted by Gasteiger charge is -2.15. The van der Waals surface area contributed by atoms with E-state index >= 15 is 0 Å². The molecule has 98 valence electrons. The topological polar surface area (TPSA) is 45.0 Å². The molecule has 1 unspecified atom stereocenters. The van der Waals surface area contributed by atoms with Crippen LogP contribution in [0.2, 0.25) is 5.02 Å². The Kier molecular flexibility index (Phi) is 5.97. The molecular formula is C14H19ClN2O. The van der Waals surface area contributed by atoms with Gasteiger partial charge in [-0.25, -0.2) is 0 Å². The van der Waals surface area contributed by atoms with Crippen molar-refractivity contribution in [2.75, 3.05) is 6.54 Å². The molecule has 0 amide bonds. The second-order valence-electron chi connectivity index (χ2n) is 4.63. The summed E-state index contributed by atoms with van der Waals surface area (Å²) in [6.45, 7) is 7.57. The molecule has 0 aliphatic carbocycles. The Morgan fingerprint density at radius 1 is 1.39 bits per heavy atom. The third-order valence-corrected chi connectivity index (χ3v) is 2.77. The zero-order valence-electron chi connectivity index (χ0n) is 11.0. The normalized spacial score (nSPS) is 12.2. The number of halogens is 1. The van der Waals surface area contributed by atoms with Gasteiger partial charge in [0.15, 0.2) is 6.10 Å². The van der Waals surface area contributed by atoms with Gasteiger partial charge in [-0.15, -0.1) is 0 Å². The largest absolute Gasteiger partial charge is 0.475 e. The third kappa shape index (κ3) is 4.56. The molecule has 0 saturated carbocycles. The first-order valence-corrected chi connectivity index (χ1v) is 6.46. The van der Waals surface area contributed by atoms with Crippen LogP contribution in [0.5, 0.6) is 5.75 Å². The number of rotatable bonds is 6. The SMILES string of the molecule is CC(C)CNCc1c(Cl)cccc1OC(C)C#N. The fraction of sp³-hybridized carbons (Fsp3) is 0.500. The van der Waals surface area contributed by atoms with Crippen molar-refractivity contribution in [1.29, 1.82) is 5.26 Å². The van der Waals surface area contributed by atoms with Crippen LogP contribution >= 0.6 is 11.6 Å². The van der Waals surface area contributed by atoms with Gasteiger partial charge in [0.2, 0.25) is 0 Å². The molecule has 4 heteroatoms. The predicted octanol–water partition coefficient (Wildman–Crippen LogP) is 3.38. The number of hydrogen-bond acceptors (Lipinski definition) is 3. The summed E-state index contributed by atoms with van der Waals surface area (Å²) < 4.78 is 5.55. The van der Waals surface area contributed by atoms with Crippen LogP contribution < -0.4 is 10.1 Å². The fourth-order valence-electron chi connectivity index (χ4n) is 1.52. The Labute approximate surface area is 114 Å². The van der Waals surface area contributed by atoms with Gasteiger partial charge in [0.1, 0.15) is 11.8 Å². The highest BCUT2D eigenvalue weighted by Gasteiger charge is 2.10. The molecule has 0 fully saturated rings. The van der Waals surface area contributed by atoms with Gasteiger partial charge in [-0.1, -0.05) is 31.5 Å². The zero-order chi connectivity index (χ0) is 13.5. The summed E-state index contributed by atoms with van der Waals surface area (Å²) in [5.74, 6) is 1.25. The molecule has 1 N–H and O–H groups in total. The number of benzene rings is 1. The van der Waals surface area contributed by atoms with E-state index in [-0.39, 0.29) is 0 Å². The molecule has 0 aromatic heterocycles. The lowest BCUT2D eigenvalue weighted by atomic mass is 10.1. The van der Waals surface area contributed by atoms with Gasteiger partial charge >= 0.3 is 0 Å². The van der Waals surface area contributed by atoms with Crippen molar-refractivity contribution in [2.24, 2.45) is 5.92 Å². The van der Waals surface area contributed by atoms with Gasteiger partial charge in [-0.05, 0) is 31.5 Å². The van der Waals surface area contributed by atoms with E-state index < -0.39 is 6.10 Å². The quantitative estimate of drug-likeness (QED) is 0.859. The van der Waals surface area contributed by atoms with Crippen molar-refractivity contribution in [3.63, 3.8) is 0 Å². The minimum absolute atomic E-state index is 0.479. The second-order valence-corrected chi connectivity index (χ2v) is 5.04. The second kappa shape index (κ2) is 7.25. The van der Waals surface area contributed by atoms with Crippen LogP contribution in [0.1, 0.15) is 26.3 Å². The Balaban J connectivity index is 2.77. The molecule has 0 radical (unpaired) electrons. The summed E-state index contributed by atoms with van der Waals surface area (Å²) in [7, 11) is 0. The van der Waals surface area contributed by atoms with Gasteiger partial charge in [0, 0.05) is 17.1 Å². The first-order valence-electron chi connectivity index (χ1n) is 6.09. The molecule has 0 spiro atoms. The average molecular weight is 267 g/mol. The van der Waals surface area contributed by atoms with Crippen molar-refractivity contribution in [3.05, 3.63) is 28.8 Å². The summed E-state index contributed by atoms with van der Waals surface area (Å²) in [5.41, 5.74) is 0.905. The molecule has 0 bridgehead atoms. The summed E-state index contributed by atoms with van der Waals surface area (Å²) in [6.07, 6.45) is -0.479. The number of ether oxygens (including phenoxy) is 1. The highest BCUT2D eigenvalue weighted by Crippen LogP contribution is 2.27. The Hall–Kier alpha value is -1.24. The van der Waals surface area contributed by atoms with E-state index in [0.717, 1.165) is 12.1 Å². The first-order chi connectivity index (χ1) is 8.54. The molecule has 1 atom stereocenters. The summed E-state index contributed by atoms with van der Waals surface area (Å²) in [5, 5.41) is 12.8. The number of nitriles is 1. The van der Waals surface area contributed by atoms with Gasteiger partial charge in [-0.2, -0.15) is 5.26 Å². The molecular weight excluding hydrogens is 248 g/mol. The molecule has 0 heterocycles. The van der Waals surface area contributed by atoms with Gasteiger partial charge < -0.3 is 10.1 Å². The Morgan fingerprint density at radius 2 is 2.11 bits per heavy atom. The molecule has 0 saturated heterocycles. The van der Waals surface area contributed by atoms with E-state index in [1.165, 1.54) is 0 Å². The lowest BCUT2D eigenvalue weighted by molar-refractivity contribution is 0.273. The first kappa shape index (κ1) is 14.8. The summed E-state index contributed by atoms with van der Waals surface area (Å²) in [6, 6.07) is 7.55. The molecule has 0 aliphatic heterocycles. The number of hydrogen-bond donors (Lipinski definition) is 1. The van der Waals surface area contributed by atoms with E-state index in [9.17, 15) is 0 Å². The van der Waals surface area contributed by atoms with Crippen molar-refractivity contribution >= 4 is 11.6 Å². The van der Waals surface area contributed by atoms with E-state index in [0.29, 0.717) is 23.2 Å². The van der Waals surface area contributed by atoms with Crippen LogP contribution in [0.15, 0.2) is 18.2 Å². The van der Waals surface area contributed by atoms with E-state index in [1.54, 1.807) is 6.92 Å². The molecule has 3 nitrogen and oxygen atoms in total. The van der Waals surface area contributed by atoms with Crippen molar-refractivity contribution < 1.29 is 4.74 Å². The molecule has 1 aromatic rings. The molecule has 1 rings (SSSR count). The summed E-state index contributed by atoms with van der Waals surface area (Å²) >= 11 is 6.17. The maximum atomic E-state index is 8.78. The van der Waals surface area contributed by atoms with Crippen LogP contribution in [-0.2, 0) is 6.54 Å². The van der Waals surface area contributed by atoms with E-state index in [1.807, 2.05) is 24.3 Å². The molecule has 1 aromatic carbocycles. The Bertz CT molecular complexity index is 426. The maximum absolute atomic E-state index is 8.78. The van der Waals surface area contributed by atoms with E-state index in [4.69, 9.17) is 21.6 Å². The van der Waals surface area contributed by atoms with Crippen molar-refractivity contribution in [1.82, 2.24) is 5.32 Å². The van der Waals surface area contributed by atoms with Crippen LogP contribution in [0, 0.1) is 17.2 Å². The smallest absolute Gasteiger partial charge is 0.181 e. The monoisotopic (exact) mass is 266 g/mol. The van der Waals surface area contributed by atoms with Crippen LogP contribution in [0.4, 0.5) is 0 Å². The van der Waals surface area contributed by atoms with Gasteiger partial charge in [0.05, 0.1) is 0 Å². The Morgan fingerprint density at radius 3 is 2.72 bits per heavy atom. The standard InChI is InChI=1S/C14H19ClN2O/c1-10(2)8-17-9-12-13(15)5-4-6-14(12)18-11(3)7-16/h4-6,10-11,17H,8-9H2,1-3H3. The van der Waals surface area contributed by atoms with Gasteiger partial charge in [-0.3, -0.25) is 0 Å². The maximum Gasteiger partial charge on any atom is 0.181 e. The molecule has 0 aliphatic rings. The fourth-order valence-corrected chi connectivity index (χ4v) is 1.76. The highest BCUT2D eigenvalue weighted by atomic mass is 35.5. The average Bonchev–Trinajstić information content (AvgIpc) is 2.32. The lowest BCUT2D eigenvalue weighted by Crippen LogP contribution is -2.20. The minimum atomic E-state index is -0.479. The predicted molar refractivity (Wildman–Crippen MR) is 73.7 cm³/mol. The summed E-state index contributed by atoms with van der Waals surface area (Å²) in [4.78, 5) is 0. The minimum Gasteiger partial charge on any atom is -0.475 e. The van der Waals surface area contributed by atoms with Crippen LogP contribution in [0.3, 0.4) is 0 Å². The van der Waals surface area contributed by atoms with Crippen LogP contribution in [-0.4, -0.2) is 12.6 Å². The molecule has 18 heavy (non-hydrogen) atoms. The third-order valence-electron chi connectivity index (χ3n) is 2.42.